The summed E-state index contributed by atoms with van der Waals surface area (Å²) in [6, 6.07) is 6.85. The van der Waals surface area contributed by atoms with E-state index in [9.17, 15) is 0 Å². The van der Waals surface area contributed by atoms with Crippen molar-refractivity contribution in [2.24, 2.45) is 12.5 Å². The smallest absolute Gasteiger partial charge is 0.0527 e. The molecule has 0 radical (unpaired) electrons. The summed E-state index contributed by atoms with van der Waals surface area (Å²) in [5.41, 5.74) is 3.19. The van der Waals surface area contributed by atoms with E-state index in [0.29, 0.717) is 5.41 Å². The summed E-state index contributed by atoms with van der Waals surface area (Å²) < 4.78 is 2.21. The zero-order valence-corrected chi connectivity index (χ0v) is 10.8. The van der Waals surface area contributed by atoms with Crippen molar-refractivity contribution < 1.29 is 0 Å². The number of aromatic nitrogens is 1. The lowest BCUT2D eigenvalue weighted by molar-refractivity contribution is 0.411. The molecule has 1 aromatic heterocycles. The molecule has 1 aromatic carbocycles. The quantitative estimate of drug-likeness (QED) is 0.672. The lowest BCUT2D eigenvalue weighted by atomic mass is 9.88. The van der Waals surface area contributed by atoms with Gasteiger partial charge in [-0.2, -0.15) is 0 Å². The maximum Gasteiger partial charge on any atom is 0.0527 e. The molecule has 15 heavy (non-hydrogen) atoms. The molecule has 1 nitrogen and oxygen atoms in total. The second kappa shape index (κ2) is 3.64. The highest BCUT2D eigenvalue weighted by molar-refractivity contribution is 7.36. The third-order valence-electron chi connectivity index (χ3n) is 2.52. The van der Waals surface area contributed by atoms with Crippen molar-refractivity contribution in [3.05, 3.63) is 29.7 Å². The molecule has 0 spiro atoms. The highest BCUT2D eigenvalue weighted by atomic mass is 31.0. The van der Waals surface area contributed by atoms with Crippen molar-refractivity contribution in [2.45, 2.75) is 27.2 Å². The van der Waals surface area contributed by atoms with Crippen LogP contribution in [-0.4, -0.2) is 4.57 Å². The predicted octanol–water partition coefficient (Wildman–Crippen LogP) is 4.35. The van der Waals surface area contributed by atoms with Crippen molar-refractivity contribution in [2.75, 3.05) is 0 Å². The lowest BCUT2D eigenvalue weighted by Gasteiger charge is -2.18. The second-order valence-electron chi connectivity index (χ2n) is 5.42. The van der Waals surface area contributed by atoms with Gasteiger partial charge in [0.1, 0.15) is 0 Å². The Bertz CT molecular complexity index is 477. The summed E-state index contributed by atoms with van der Waals surface area (Å²) in [6.07, 6.45) is 1.15. The zero-order valence-electron chi connectivity index (χ0n) is 9.91. The fourth-order valence-corrected chi connectivity index (χ4v) is 2.93. The third-order valence-corrected chi connectivity index (χ3v) is 3.62. The molecule has 0 bridgehead atoms. The predicted molar refractivity (Wildman–Crippen MR) is 68.6 cm³/mol. The first kappa shape index (κ1) is 10.7. The van der Waals surface area contributed by atoms with Gasteiger partial charge in [-0.05, 0) is 37.7 Å². The van der Waals surface area contributed by atoms with Crippen LogP contribution in [0.2, 0.25) is 0 Å². The molecule has 0 N–H and O–H groups in total. The van der Waals surface area contributed by atoms with E-state index in [-0.39, 0.29) is 0 Å². The Morgan fingerprint density at radius 3 is 2.67 bits per heavy atom. The van der Waals surface area contributed by atoms with Crippen LogP contribution in [0.5, 0.6) is 0 Å². The van der Waals surface area contributed by atoms with E-state index < -0.39 is 0 Å². The summed E-state index contributed by atoms with van der Waals surface area (Å²) in [6.45, 7) is 6.86. The first-order valence-electron chi connectivity index (χ1n) is 5.36. The molecule has 0 saturated carbocycles. The van der Waals surface area contributed by atoms with Gasteiger partial charge in [0.2, 0.25) is 0 Å². The normalized spacial score (nSPS) is 12.8. The molecular weight excluding hydrogens is 201 g/mol. The van der Waals surface area contributed by atoms with Gasteiger partial charge >= 0.3 is 0 Å². The molecule has 80 valence electrons. The molecular formula is C13H18NP. The van der Waals surface area contributed by atoms with Crippen molar-refractivity contribution in [1.29, 1.82) is 0 Å². The van der Waals surface area contributed by atoms with Crippen LogP contribution in [0.1, 0.15) is 26.3 Å². The van der Waals surface area contributed by atoms with Crippen LogP contribution in [0.4, 0.5) is 0 Å². The molecule has 2 rings (SSSR count). The minimum absolute atomic E-state index is 0.374. The molecule has 0 atom stereocenters. The van der Waals surface area contributed by atoms with Gasteiger partial charge in [-0.1, -0.05) is 26.8 Å². The Hall–Kier alpha value is -0.810. The Balaban J connectivity index is 2.39. The first-order chi connectivity index (χ1) is 6.96. The number of benzene rings is 1. The van der Waals surface area contributed by atoms with Crippen LogP contribution in [0, 0.1) is 5.41 Å². The molecule has 0 amide bonds. The molecule has 0 saturated heterocycles. The molecule has 0 unspecified atom stereocenters. The minimum atomic E-state index is 0.374. The van der Waals surface area contributed by atoms with Crippen LogP contribution in [-0.2, 0) is 13.5 Å². The third kappa shape index (κ3) is 2.41. The van der Waals surface area contributed by atoms with E-state index in [4.69, 9.17) is 0 Å². The molecule has 0 aliphatic rings. The van der Waals surface area contributed by atoms with Gasteiger partial charge in [0.05, 0.1) is 5.52 Å². The van der Waals surface area contributed by atoms with E-state index in [2.05, 4.69) is 56.5 Å². The van der Waals surface area contributed by atoms with Crippen LogP contribution in [0.25, 0.3) is 10.6 Å². The van der Waals surface area contributed by atoms with Gasteiger partial charge in [0.15, 0.2) is 0 Å². The average molecular weight is 219 g/mol. The van der Waals surface area contributed by atoms with Gasteiger partial charge in [-0.3, -0.25) is 0 Å². The van der Waals surface area contributed by atoms with Crippen molar-refractivity contribution in [1.82, 2.24) is 4.57 Å². The van der Waals surface area contributed by atoms with Crippen LogP contribution >= 0.6 is 8.19 Å². The minimum Gasteiger partial charge on any atom is -0.346 e. The maximum atomic E-state index is 2.35. The van der Waals surface area contributed by atoms with Gasteiger partial charge in [-0.15, -0.1) is 0 Å². The Labute approximate surface area is 93.2 Å². The summed E-state index contributed by atoms with van der Waals surface area (Å²) >= 11 is 0. The van der Waals surface area contributed by atoms with E-state index in [1.807, 2.05) is 0 Å². The van der Waals surface area contributed by atoms with Crippen LogP contribution < -0.4 is 0 Å². The van der Waals surface area contributed by atoms with Crippen molar-refractivity contribution >= 4 is 18.8 Å². The Kier molecular flexibility index (Phi) is 2.60. The topological polar surface area (TPSA) is 4.93 Å². The molecule has 0 aliphatic carbocycles. The number of hydrogen-bond donors (Lipinski definition) is 0. The first-order valence-corrected chi connectivity index (χ1v) is 6.32. The second-order valence-corrected chi connectivity index (χ2v) is 6.39. The van der Waals surface area contributed by atoms with E-state index >= 15 is 0 Å². The fraction of sp³-hybridized carbons (Fsp3) is 0.462. The van der Waals surface area contributed by atoms with Gasteiger partial charge in [-0.25, -0.2) is 0 Å². The number of rotatable bonds is 1. The summed E-state index contributed by atoms with van der Waals surface area (Å²) in [4.78, 5) is 0. The molecule has 2 heteroatoms. The van der Waals surface area contributed by atoms with Crippen LogP contribution in [0.3, 0.4) is 0 Å². The lowest BCUT2D eigenvalue weighted by Crippen LogP contribution is -2.08. The van der Waals surface area contributed by atoms with E-state index in [1.165, 1.54) is 24.4 Å². The largest absolute Gasteiger partial charge is 0.346 e. The average Bonchev–Trinajstić information content (AvgIpc) is 2.45. The zero-order chi connectivity index (χ0) is 11.1. The molecule has 1 heterocycles. The summed E-state index contributed by atoms with van der Waals surface area (Å²) in [5, 5.41) is 1.44. The summed E-state index contributed by atoms with van der Waals surface area (Å²) in [5.74, 6) is 2.21. The highest BCUT2D eigenvalue weighted by Crippen LogP contribution is 2.28. The van der Waals surface area contributed by atoms with Gasteiger partial charge in [0, 0.05) is 18.1 Å². The number of aryl methyl sites for hydroxylation is 1. The monoisotopic (exact) mass is 219 g/mol. The van der Waals surface area contributed by atoms with Crippen LogP contribution in [0.15, 0.2) is 24.1 Å². The number of fused-ring (bicyclic) bond motifs is 1. The fourth-order valence-electron chi connectivity index (χ4n) is 1.90. The van der Waals surface area contributed by atoms with E-state index in [1.54, 1.807) is 0 Å². The number of hydrogen-bond acceptors (Lipinski definition) is 0. The standard InChI is InChI=1S/C13H18NP/c1-13(2,3)8-10-5-6-11-12(7-10)15-9-14(11)4/h5-7,9H,8H2,1-4H3. The Morgan fingerprint density at radius 2 is 2.00 bits per heavy atom. The molecule has 2 aromatic rings. The SMILES string of the molecule is Cn1cpc2cc(CC(C)(C)C)ccc21. The van der Waals surface area contributed by atoms with Gasteiger partial charge < -0.3 is 4.57 Å². The van der Waals surface area contributed by atoms with E-state index in [0.717, 1.165) is 6.42 Å². The van der Waals surface area contributed by atoms with Crippen molar-refractivity contribution in [3.63, 3.8) is 0 Å². The summed E-state index contributed by atoms with van der Waals surface area (Å²) in [7, 11) is 3.44. The molecule has 0 fully saturated rings. The van der Waals surface area contributed by atoms with Crippen molar-refractivity contribution in [3.8, 4) is 0 Å². The maximum absolute atomic E-state index is 2.35. The number of nitrogens with zero attached hydrogens (tertiary/aromatic N) is 1. The van der Waals surface area contributed by atoms with Gasteiger partial charge in [0.25, 0.3) is 0 Å². The highest BCUT2D eigenvalue weighted by Gasteiger charge is 2.11. The molecule has 0 aliphatic heterocycles. The Morgan fingerprint density at radius 1 is 1.27 bits per heavy atom.